The quantitative estimate of drug-likeness (QED) is 0.501. The molecule has 4 aromatic rings. The summed E-state index contributed by atoms with van der Waals surface area (Å²) in [5.41, 5.74) is 0.105. The molecule has 1 amide bonds. The van der Waals surface area contributed by atoms with Crippen LogP contribution >= 0.6 is 11.6 Å². The van der Waals surface area contributed by atoms with Crippen LogP contribution in [0, 0.1) is 0 Å². The Kier molecular flexibility index (Phi) is 5.77. The molecule has 0 radical (unpaired) electrons. The molecule has 0 spiro atoms. The fourth-order valence-electron chi connectivity index (χ4n) is 3.48. The zero-order valence-corrected chi connectivity index (χ0v) is 17.5. The number of benzene rings is 2. The van der Waals surface area contributed by atoms with Crippen LogP contribution in [-0.4, -0.2) is 15.0 Å². The van der Waals surface area contributed by atoms with E-state index < -0.39 is 17.3 Å². The molecule has 0 fully saturated rings. The van der Waals surface area contributed by atoms with E-state index in [-0.39, 0.29) is 19.0 Å². The molecule has 1 atom stereocenters. The van der Waals surface area contributed by atoms with E-state index in [1.165, 1.54) is 16.9 Å². The molecule has 0 aliphatic carbocycles. The molecule has 0 aliphatic heterocycles. The van der Waals surface area contributed by atoms with Crippen molar-refractivity contribution in [2.45, 2.75) is 26.1 Å². The summed E-state index contributed by atoms with van der Waals surface area (Å²) >= 11 is 6.14. The summed E-state index contributed by atoms with van der Waals surface area (Å²) in [7, 11) is 0. The Labute approximate surface area is 182 Å². The molecule has 31 heavy (non-hydrogen) atoms. The predicted octanol–water partition coefficient (Wildman–Crippen LogP) is 3.34. The first-order chi connectivity index (χ1) is 15.0. The van der Waals surface area contributed by atoms with Crippen LogP contribution in [0.4, 0.5) is 0 Å². The van der Waals surface area contributed by atoms with Gasteiger partial charge in [-0.25, -0.2) is 4.79 Å². The van der Waals surface area contributed by atoms with E-state index in [1.807, 2.05) is 30.3 Å². The highest BCUT2D eigenvalue weighted by Gasteiger charge is 2.22. The van der Waals surface area contributed by atoms with Crippen molar-refractivity contribution in [3.63, 3.8) is 0 Å². The second-order valence-electron chi connectivity index (χ2n) is 7.16. The Bertz CT molecular complexity index is 1340. The van der Waals surface area contributed by atoms with Crippen LogP contribution in [0.15, 0.2) is 80.9 Å². The van der Waals surface area contributed by atoms with E-state index in [0.29, 0.717) is 21.7 Å². The number of carbonyl (C=O) groups is 1. The smallest absolute Gasteiger partial charge is 0.332 e. The van der Waals surface area contributed by atoms with Crippen LogP contribution in [0.1, 0.15) is 24.3 Å². The number of hydrogen-bond acceptors (Lipinski definition) is 4. The molecule has 0 aliphatic rings. The molecular weight excluding hydrogens is 418 g/mol. The van der Waals surface area contributed by atoms with Crippen LogP contribution in [0.2, 0.25) is 5.02 Å². The number of rotatable bonds is 6. The summed E-state index contributed by atoms with van der Waals surface area (Å²) in [4.78, 5) is 39.3. The van der Waals surface area contributed by atoms with Crippen molar-refractivity contribution in [3.8, 4) is 0 Å². The molecule has 1 unspecified atom stereocenters. The summed E-state index contributed by atoms with van der Waals surface area (Å²) in [6, 6.07) is 16.5. The summed E-state index contributed by atoms with van der Waals surface area (Å²) < 4.78 is 7.68. The van der Waals surface area contributed by atoms with Gasteiger partial charge >= 0.3 is 5.69 Å². The van der Waals surface area contributed by atoms with Gasteiger partial charge in [-0.15, -0.1) is 0 Å². The summed E-state index contributed by atoms with van der Waals surface area (Å²) in [6.45, 7) is 1.89. The number of hydrogen-bond donors (Lipinski definition) is 1. The summed E-state index contributed by atoms with van der Waals surface area (Å²) in [6.07, 6.45) is 1.52. The van der Waals surface area contributed by atoms with Gasteiger partial charge in [0.1, 0.15) is 11.8 Å². The molecule has 0 saturated heterocycles. The number of nitrogens with one attached hydrogen (secondary N) is 1. The zero-order valence-electron chi connectivity index (χ0n) is 16.7. The van der Waals surface area contributed by atoms with Crippen molar-refractivity contribution >= 4 is 28.4 Å². The number of carbonyl (C=O) groups excluding carboxylic acids is 1. The fourth-order valence-corrected chi connectivity index (χ4v) is 3.65. The molecule has 2 aromatic carbocycles. The monoisotopic (exact) mass is 437 g/mol. The van der Waals surface area contributed by atoms with Crippen molar-refractivity contribution in [3.05, 3.63) is 104 Å². The maximum absolute atomic E-state index is 13.4. The minimum absolute atomic E-state index is 0.0950. The van der Waals surface area contributed by atoms with Gasteiger partial charge in [0.2, 0.25) is 5.91 Å². The Morgan fingerprint density at radius 1 is 1.10 bits per heavy atom. The topological polar surface area (TPSA) is 86.2 Å². The maximum atomic E-state index is 13.4. The lowest BCUT2D eigenvalue weighted by atomic mass is 10.2. The van der Waals surface area contributed by atoms with Gasteiger partial charge in [0, 0.05) is 5.02 Å². The van der Waals surface area contributed by atoms with Crippen molar-refractivity contribution in [2.75, 3.05) is 0 Å². The Hall–Kier alpha value is -3.58. The lowest BCUT2D eigenvalue weighted by Gasteiger charge is -2.19. The van der Waals surface area contributed by atoms with Gasteiger partial charge in [0.15, 0.2) is 0 Å². The maximum Gasteiger partial charge on any atom is 0.332 e. The van der Waals surface area contributed by atoms with Gasteiger partial charge < -0.3 is 9.73 Å². The van der Waals surface area contributed by atoms with E-state index in [0.717, 1.165) is 10.1 Å². The van der Waals surface area contributed by atoms with E-state index in [2.05, 4.69) is 5.32 Å². The largest absolute Gasteiger partial charge is 0.467 e. The molecule has 4 rings (SSSR count). The van der Waals surface area contributed by atoms with Gasteiger partial charge in [0.25, 0.3) is 5.56 Å². The van der Waals surface area contributed by atoms with Crippen molar-refractivity contribution in [2.24, 2.45) is 0 Å². The highest BCUT2D eigenvalue weighted by Crippen LogP contribution is 2.19. The first kappa shape index (κ1) is 20.7. The number of furan rings is 1. The lowest BCUT2D eigenvalue weighted by Crippen LogP contribution is -2.44. The van der Waals surface area contributed by atoms with E-state index in [4.69, 9.17) is 16.0 Å². The number of aromatic nitrogens is 2. The first-order valence-corrected chi connectivity index (χ1v) is 10.1. The molecule has 0 saturated carbocycles. The van der Waals surface area contributed by atoms with Gasteiger partial charge in [-0.05, 0) is 42.8 Å². The third-order valence-corrected chi connectivity index (χ3v) is 5.33. The summed E-state index contributed by atoms with van der Waals surface area (Å²) in [5, 5.41) is 3.44. The Morgan fingerprint density at radius 3 is 2.58 bits per heavy atom. The van der Waals surface area contributed by atoms with Crippen LogP contribution < -0.4 is 16.6 Å². The van der Waals surface area contributed by atoms with Gasteiger partial charge in [0.05, 0.1) is 30.3 Å². The molecule has 158 valence electrons. The SMILES string of the molecule is CC(C(=O)NCc1ccco1)n1c(=O)n(Cc2ccccc2)c(=O)c2ccc(Cl)cc21. The summed E-state index contributed by atoms with van der Waals surface area (Å²) in [5.74, 6) is 0.208. The highest BCUT2D eigenvalue weighted by molar-refractivity contribution is 6.31. The van der Waals surface area contributed by atoms with E-state index in [9.17, 15) is 14.4 Å². The lowest BCUT2D eigenvalue weighted by molar-refractivity contribution is -0.124. The van der Waals surface area contributed by atoms with Crippen LogP contribution in [-0.2, 0) is 17.9 Å². The van der Waals surface area contributed by atoms with Crippen molar-refractivity contribution < 1.29 is 9.21 Å². The van der Waals surface area contributed by atoms with Crippen molar-refractivity contribution in [1.82, 2.24) is 14.5 Å². The average molecular weight is 438 g/mol. The predicted molar refractivity (Wildman–Crippen MR) is 118 cm³/mol. The molecule has 7 nitrogen and oxygen atoms in total. The minimum Gasteiger partial charge on any atom is -0.467 e. The standard InChI is InChI=1S/C23H20ClN3O4/c1-15(21(28)25-13-18-8-5-11-31-18)27-20-12-17(24)9-10-19(20)22(29)26(23(27)30)14-16-6-3-2-4-7-16/h2-12,15H,13-14H2,1H3,(H,25,28). The third-order valence-electron chi connectivity index (χ3n) is 5.10. The number of fused-ring (bicyclic) bond motifs is 1. The highest BCUT2D eigenvalue weighted by atomic mass is 35.5. The first-order valence-electron chi connectivity index (χ1n) is 9.74. The third kappa shape index (κ3) is 4.18. The molecule has 2 heterocycles. The number of halogens is 1. The Morgan fingerprint density at radius 2 is 1.87 bits per heavy atom. The van der Waals surface area contributed by atoms with Gasteiger partial charge in [-0.2, -0.15) is 0 Å². The van der Waals surface area contributed by atoms with Crippen LogP contribution in [0.3, 0.4) is 0 Å². The molecule has 0 bridgehead atoms. The van der Waals surface area contributed by atoms with Crippen LogP contribution in [0.25, 0.3) is 10.9 Å². The fraction of sp³-hybridized carbons (Fsp3) is 0.174. The molecule has 1 N–H and O–H groups in total. The second kappa shape index (κ2) is 8.65. The second-order valence-corrected chi connectivity index (χ2v) is 7.60. The Balaban J connectivity index is 1.80. The molecule has 2 aromatic heterocycles. The number of nitrogens with zero attached hydrogens (tertiary/aromatic N) is 2. The molecule has 8 heteroatoms. The van der Waals surface area contributed by atoms with E-state index >= 15 is 0 Å². The van der Waals surface area contributed by atoms with Crippen molar-refractivity contribution in [1.29, 1.82) is 0 Å². The number of amides is 1. The average Bonchev–Trinajstić information content (AvgIpc) is 3.29. The minimum atomic E-state index is -0.883. The van der Waals surface area contributed by atoms with Gasteiger partial charge in [-0.3, -0.25) is 18.7 Å². The zero-order chi connectivity index (χ0) is 22.0. The van der Waals surface area contributed by atoms with Gasteiger partial charge in [-0.1, -0.05) is 41.9 Å². The van der Waals surface area contributed by atoms with E-state index in [1.54, 1.807) is 31.2 Å². The normalized spacial score (nSPS) is 12.1. The molecular formula is C23H20ClN3O4. The van der Waals surface area contributed by atoms with Crippen LogP contribution in [0.5, 0.6) is 0 Å².